The van der Waals surface area contributed by atoms with E-state index in [0.717, 1.165) is 6.54 Å². The predicted octanol–water partition coefficient (Wildman–Crippen LogP) is -0.0587. The lowest BCUT2D eigenvalue weighted by molar-refractivity contribution is -0.127. The first-order chi connectivity index (χ1) is 8.37. The first-order valence-corrected chi connectivity index (χ1v) is 6.36. The van der Waals surface area contributed by atoms with Crippen LogP contribution in [0.15, 0.2) is 0 Å². The Bertz CT molecular complexity index is 345. The second-order valence-corrected chi connectivity index (χ2v) is 5.87. The number of hydrogen-bond donors (Lipinski definition) is 2. The van der Waals surface area contributed by atoms with Gasteiger partial charge in [-0.1, -0.05) is 0 Å². The average molecular weight is 255 g/mol. The van der Waals surface area contributed by atoms with Crippen molar-refractivity contribution in [3.05, 3.63) is 0 Å². The molecule has 0 radical (unpaired) electrons. The standard InChI is InChI=1S/C12H21N3O3/c1-12(2,3)18-11(17)15-6-8(7-15)9-10(16)14-5-4-13-9/h8-9,13H,4-7H2,1-3H3,(H,14,16). The van der Waals surface area contributed by atoms with Crippen LogP contribution in [0, 0.1) is 5.92 Å². The van der Waals surface area contributed by atoms with Crippen molar-refractivity contribution in [3.63, 3.8) is 0 Å². The molecule has 2 aliphatic rings. The molecule has 2 heterocycles. The van der Waals surface area contributed by atoms with Crippen LogP contribution in [0.2, 0.25) is 0 Å². The minimum Gasteiger partial charge on any atom is -0.444 e. The van der Waals surface area contributed by atoms with E-state index in [9.17, 15) is 9.59 Å². The number of amides is 2. The van der Waals surface area contributed by atoms with Gasteiger partial charge in [-0.25, -0.2) is 4.79 Å². The molecule has 0 aliphatic carbocycles. The summed E-state index contributed by atoms with van der Waals surface area (Å²) < 4.78 is 5.27. The zero-order valence-electron chi connectivity index (χ0n) is 11.2. The fourth-order valence-corrected chi connectivity index (χ4v) is 2.20. The van der Waals surface area contributed by atoms with Gasteiger partial charge < -0.3 is 20.3 Å². The quantitative estimate of drug-likeness (QED) is 0.689. The van der Waals surface area contributed by atoms with Crippen molar-refractivity contribution in [2.45, 2.75) is 32.4 Å². The van der Waals surface area contributed by atoms with E-state index in [1.54, 1.807) is 4.90 Å². The highest BCUT2D eigenvalue weighted by Crippen LogP contribution is 2.22. The summed E-state index contributed by atoms with van der Waals surface area (Å²) in [6, 6.07) is -0.169. The van der Waals surface area contributed by atoms with Crippen LogP contribution in [0.4, 0.5) is 4.79 Å². The van der Waals surface area contributed by atoms with Crippen LogP contribution >= 0.6 is 0 Å². The maximum Gasteiger partial charge on any atom is 0.410 e. The van der Waals surface area contributed by atoms with Gasteiger partial charge in [-0.3, -0.25) is 4.79 Å². The number of nitrogens with one attached hydrogen (secondary N) is 2. The number of hydrogen-bond acceptors (Lipinski definition) is 4. The zero-order chi connectivity index (χ0) is 13.3. The molecule has 2 rings (SSSR count). The van der Waals surface area contributed by atoms with Crippen LogP contribution < -0.4 is 10.6 Å². The molecule has 0 saturated carbocycles. The predicted molar refractivity (Wildman–Crippen MR) is 66.1 cm³/mol. The Labute approximate surface area is 107 Å². The molecule has 6 nitrogen and oxygen atoms in total. The van der Waals surface area contributed by atoms with Crippen molar-refractivity contribution in [2.24, 2.45) is 5.92 Å². The van der Waals surface area contributed by atoms with E-state index in [2.05, 4.69) is 10.6 Å². The highest BCUT2D eigenvalue weighted by atomic mass is 16.6. The van der Waals surface area contributed by atoms with E-state index >= 15 is 0 Å². The molecule has 1 unspecified atom stereocenters. The fourth-order valence-electron chi connectivity index (χ4n) is 2.20. The van der Waals surface area contributed by atoms with Gasteiger partial charge in [-0.2, -0.15) is 0 Å². The van der Waals surface area contributed by atoms with Gasteiger partial charge in [-0.15, -0.1) is 0 Å². The summed E-state index contributed by atoms with van der Waals surface area (Å²) in [4.78, 5) is 25.0. The van der Waals surface area contributed by atoms with Crippen molar-refractivity contribution in [3.8, 4) is 0 Å². The molecule has 0 spiro atoms. The molecule has 0 aromatic heterocycles. The molecular weight excluding hydrogens is 234 g/mol. The lowest BCUT2D eigenvalue weighted by atomic mass is 9.90. The van der Waals surface area contributed by atoms with Crippen LogP contribution in [0.3, 0.4) is 0 Å². The first kappa shape index (κ1) is 13.1. The summed E-state index contributed by atoms with van der Waals surface area (Å²) in [7, 11) is 0. The van der Waals surface area contributed by atoms with Gasteiger partial charge in [0.15, 0.2) is 0 Å². The Morgan fingerprint density at radius 2 is 2.00 bits per heavy atom. The number of ether oxygens (including phenoxy) is 1. The van der Waals surface area contributed by atoms with Gasteiger partial charge in [0.2, 0.25) is 5.91 Å². The molecule has 2 fully saturated rings. The minimum absolute atomic E-state index is 0.0371. The maximum absolute atomic E-state index is 11.7. The maximum atomic E-state index is 11.7. The highest BCUT2D eigenvalue weighted by molar-refractivity contribution is 5.83. The molecule has 0 aromatic carbocycles. The molecule has 102 valence electrons. The molecule has 2 aliphatic heterocycles. The van der Waals surface area contributed by atoms with E-state index in [-0.39, 0.29) is 24.0 Å². The van der Waals surface area contributed by atoms with Crippen LogP contribution in [-0.4, -0.2) is 54.7 Å². The largest absolute Gasteiger partial charge is 0.444 e. The monoisotopic (exact) mass is 255 g/mol. The van der Waals surface area contributed by atoms with Gasteiger partial charge in [0.25, 0.3) is 0 Å². The van der Waals surface area contributed by atoms with Crippen LogP contribution in [0.5, 0.6) is 0 Å². The summed E-state index contributed by atoms with van der Waals surface area (Å²) in [5.74, 6) is 0.230. The van der Waals surface area contributed by atoms with E-state index in [1.165, 1.54) is 0 Å². The Morgan fingerprint density at radius 3 is 2.56 bits per heavy atom. The number of carbonyl (C=O) groups excluding carboxylic acids is 2. The van der Waals surface area contributed by atoms with Gasteiger partial charge in [0.1, 0.15) is 5.60 Å². The molecular formula is C12H21N3O3. The van der Waals surface area contributed by atoms with E-state index < -0.39 is 5.60 Å². The molecule has 2 amide bonds. The Hall–Kier alpha value is -1.30. The van der Waals surface area contributed by atoms with Gasteiger partial charge >= 0.3 is 6.09 Å². The lowest BCUT2D eigenvalue weighted by Gasteiger charge is -2.44. The Balaban J connectivity index is 1.79. The SMILES string of the molecule is CC(C)(C)OC(=O)N1CC(C2NCCNC2=O)C1. The number of carbonyl (C=O) groups is 2. The topological polar surface area (TPSA) is 70.7 Å². The molecule has 2 saturated heterocycles. The van der Waals surface area contributed by atoms with Crippen LogP contribution in [-0.2, 0) is 9.53 Å². The van der Waals surface area contributed by atoms with Crippen molar-refractivity contribution < 1.29 is 14.3 Å². The van der Waals surface area contributed by atoms with Crippen LogP contribution in [0.25, 0.3) is 0 Å². The van der Waals surface area contributed by atoms with Gasteiger partial charge in [-0.05, 0) is 20.8 Å². The van der Waals surface area contributed by atoms with E-state index in [4.69, 9.17) is 4.74 Å². The molecule has 18 heavy (non-hydrogen) atoms. The van der Waals surface area contributed by atoms with Gasteiger partial charge in [0.05, 0.1) is 6.04 Å². The third-order valence-corrected chi connectivity index (χ3v) is 3.10. The lowest BCUT2D eigenvalue weighted by Crippen LogP contribution is -2.65. The molecule has 6 heteroatoms. The number of rotatable bonds is 1. The highest BCUT2D eigenvalue weighted by Gasteiger charge is 2.41. The summed E-state index contributed by atoms with van der Waals surface area (Å²) >= 11 is 0. The first-order valence-electron chi connectivity index (χ1n) is 6.36. The second kappa shape index (κ2) is 4.76. The molecule has 2 N–H and O–H groups in total. The second-order valence-electron chi connectivity index (χ2n) is 5.87. The third-order valence-electron chi connectivity index (χ3n) is 3.10. The summed E-state index contributed by atoms with van der Waals surface area (Å²) in [5.41, 5.74) is -0.470. The Kier molecular flexibility index (Phi) is 3.47. The summed E-state index contributed by atoms with van der Waals surface area (Å²) in [6.07, 6.45) is -0.296. The number of piperazine rings is 1. The van der Waals surface area contributed by atoms with E-state index in [1.807, 2.05) is 20.8 Å². The normalized spacial score (nSPS) is 25.4. The average Bonchev–Trinajstić information content (AvgIpc) is 2.15. The fraction of sp³-hybridized carbons (Fsp3) is 0.833. The van der Waals surface area contributed by atoms with E-state index in [0.29, 0.717) is 19.6 Å². The Morgan fingerprint density at radius 1 is 1.33 bits per heavy atom. The summed E-state index contributed by atoms with van der Waals surface area (Å²) in [6.45, 7) is 8.17. The van der Waals surface area contributed by atoms with Crippen LogP contribution in [0.1, 0.15) is 20.8 Å². The van der Waals surface area contributed by atoms with Crippen molar-refractivity contribution in [1.82, 2.24) is 15.5 Å². The number of likely N-dealkylation sites (tertiary alicyclic amines) is 1. The van der Waals surface area contributed by atoms with Gasteiger partial charge in [0, 0.05) is 32.1 Å². The smallest absolute Gasteiger partial charge is 0.410 e. The summed E-state index contributed by atoms with van der Waals surface area (Å²) in [5, 5.41) is 6.02. The minimum atomic E-state index is -0.470. The number of nitrogens with zero attached hydrogens (tertiary/aromatic N) is 1. The molecule has 0 aromatic rings. The molecule has 1 atom stereocenters. The van der Waals surface area contributed by atoms with Crippen molar-refractivity contribution in [1.29, 1.82) is 0 Å². The molecule has 0 bridgehead atoms. The van der Waals surface area contributed by atoms with Crippen molar-refractivity contribution in [2.75, 3.05) is 26.2 Å². The van der Waals surface area contributed by atoms with Crippen molar-refractivity contribution >= 4 is 12.0 Å². The zero-order valence-corrected chi connectivity index (χ0v) is 11.2. The third kappa shape index (κ3) is 2.93.